The van der Waals surface area contributed by atoms with Crippen LogP contribution in [-0.4, -0.2) is 22.0 Å². The minimum Gasteiger partial charge on any atom is -0.316 e. The van der Waals surface area contributed by atoms with Gasteiger partial charge in [0.15, 0.2) is 0 Å². The molecule has 4 nitrogen and oxygen atoms in total. The van der Waals surface area contributed by atoms with Crippen molar-refractivity contribution >= 4 is 10.0 Å². The highest BCUT2D eigenvalue weighted by Gasteiger charge is 2.14. The Morgan fingerprint density at radius 1 is 1.10 bits per heavy atom. The first-order valence-electron chi connectivity index (χ1n) is 7.31. The van der Waals surface area contributed by atoms with Crippen LogP contribution in [0, 0.1) is 0 Å². The number of hydrogen-bond donors (Lipinski definition) is 2. The lowest BCUT2D eigenvalue weighted by atomic mass is 10.1. The molecule has 2 N–H and O–H groups in total. The maximum Gasteiger partial charge on any atom is 0.240 e. The Bertz CT molecular complexity index is 513. The maximum absolute atomic E-state index is 12.2. The summed E-state index contributed by atoms with van der Waals surface area (Å²) in [6.07, 6.45) is 3.91. The number of benzene rings is 1. The molecule has 0 bridgehead atoms. The third-order valence-corrected chi connectivity index (χ3v) is 4.77. The molecule has 0 atom stereocenters. The minimum absolute atomic E-state index is 0.358. The van der Waals surface area contributed by atoms with Gasteiger partial charge in [-0.15, -0.1) is 0 Å². The SMILES string of the molecule is CCCCCNS(=O)(=O)c1ccc(CC)c(CNC)c1. The number of unbranched alkanes of at least 4 members (excludes halogenated alkanes) is 2. The third kappa shape index (κ3) is 4.89. The van der Waals surface area contributed by atoms with Gasteiger partial charge in [0.1, 0.15) is 0 Å². The van der Waals surface area contributed by atoms with E-state index in [4.69, 9.17) is 0 Å². The second-order valence-electron chi connectivity index (χ2n) is 4.92. The van der Waals surface area contributed by atoms with Gasteiger partial charge >= 0.3 is 0 Å². The minimum atomic E-state index is -3.38. The van der Waals surface area contributed by atoms with Gasteiger partial charge in [-0.05, 0) is 43.1 Å². The Hall–Kier alpha value is -0.910. The van der Waals surface area contributed by atoms with E-state index in [2.05, 4.69) is 23.9 Å². The summed E-state index contributed by atoms with van der Waals surface area (Å²) in [5.74, 6) is 0. The summed E-state index contributed by atoms with van der Waals surface area (Å²) in [7, 11) is -1.52. The van der Waals surface area contributed by atoms with Gasteiger partial charge in [-0.3, -0.25) is 0 Å². The molecule has 0 aliphatic rings. The molecule has 0 radical (unpaired) electrons. The van der Waals surface area contributed by atoms with Crippen LogP contribution in [0.1, 0.15) is 44.2 Å². The van der Waals surface area contributed by atoms with Crippen molar-refractivity contribution in [2.24, 2.45) is 0 Å². The Kier molecular flexibility index (Phi) is 7.19. The zero-order valence-electron chi connectivity index (χ0n) is 12.7. The molecule has 0 fully saturated rings. The molecule has 0 aliphatic carbocycles. The van der Waals surface area contributed by atoms with E-state index in [0.717, 1.165) is 31.2 Å². The second-order valence-corrected chi connectivity index (χ2v) is 6.69. The molecule has 0 heterocycles. The first kappa shape index (κ1) is 17.1. The van der Waals surface area contributed by atoms with E-state index >= 15 is 0 Å². The highest BCUT2D eigenvalue weighted by molar-refractivity contribution is 7.89. The average Bonchev–Trinajstić information content (AvgIpc) is 2.44. The molecule has 0 aliphatic heterocycles. The van der Waals surface area contributed by atoms with E-state index in [9.17, 15) is 8.42 Å². The molecule has 0 saturated heterocycles. The quantitative estimate of drug-likeness (QED) is 0.688. The van der Waals surface area contributed by atoms with Crippen LogP contribution in [0.25, 0.3) is 0 Å². The summed E-state index contributed by atoms with van der Waals surface area (Å²) in [4.78, 5) is 0.358. The molecule has 20 heavy (non-hydrogen) atoms. The second kappa shape index (κ2) is 8.39. The van der Waals surface area contributed by atoms with Crippen LogP contribution in [0.4, 0.5) is 0 Å². The van der Waals surface area contributed by atoms with E-state index in [1.54, 1.807) is 12.1 Å². The normalized spacial score (nSPS) is 11.8. The zero-order valence-corrected chi connectivity index (χ0v) is 13.5. The van der Waals surface area contributed by atoms with Crippen LogP contribution >= 0.6 is 0 Å². The van der Waals surface area contributed by atoms with Crippen LogP contribution in [0.15, 0.2) is 23.1 Å². The maximum atomic E-state index is 12.2. The van der Waals surface area contributed by atoms with Gasteiger partial charge in [-0.25, -0.2) is 13.1 Å². The highest BCUT2D eigenvalue weighted by atomic mass is 32.2. The smallest absolute Gasteiger partial charge is 0.240 e. The molecule has 114 valence electrons. The first-order valence-corrected chi connectivity index (χ1v) is 8.79. The summed E-state index contributed by atoms with van der Waals surface area (Å²) in [5.41, 5.74) is 2.23. The summed E-state index contributed by atoms with van der Waals surface area (Å²) >= 11 is 0. The van der Waals surface area contributed by atoms with Gasteiger partial charge in [0.2, 0.25) is 10.0 Å². The number of nitrogens with one attached hydrogen (secondary N) is 2. The van der Waals surface area contributed by atoms with E-state index in [0.29, 0.717) is 18.0 Å². The number of rotatable bonds is 9. The highest BCUT2D eigenvalue weighted by Crippen LogP contribution is 2.17. The van der Waals surface area contributed by atoms with Crippen molar-refractivity contribution in [3.63, 3.8) is 0 Å². The van der Waals surface area contributed by atoms with Crippen molar-refractivity contribution in [3.05, 3.63) is 29.3 Å². The lowest BCUT2D eigenvalue weighted by molar-refractivity contribution is 0.575. The topological polar surface area (TPSA) is 58.2 Å². The monoisotopic (exact) mass is 298 g/mol. The van der Waals surface area contributed by atoms with Crippen molar-refractivity contribution in [3.8, 4) is 0 Å². The standard InChI is InChI=1S/C15H26N2O2S/c1-4-6-7-10-17-20(18,19)15-9-8-13(5-2)14(11-15)12-16-3/h8-9,11,16-17H,4-7,10,12H2,1-3H3. The molecule has 1 aromatic carbocycles. The summed E-state index contributed by atoms with van der Waals surface area (Å²) < 4.78 is 27.1. The van der Waals surface area contributed by atoms with Crippen LogP contribution in [0.3, 0.4) is 0 Å². The average molecular weight is 298 g/mol. The van der Waals surface area contributed by atoms with Gasteiger partial charge in [0.05, 0.1) is 4.90 Å². The molecule has 0 saturated carbocycles. The number of sulfonamides is 1. The van der Waals surface area contributed by atoms with E-state index in [1.165, 1.54) is 5.56 Å². The van der Waals surface area contributed by atoms with Crippen molar-refractivity contribution in [2.45, 2.75) is 51.0 Å². The van der Waals surface area contributed by atoms with Crippen molar-refractivity contribution in [1.29, 1.82) is 0 Å². The Morgan fingerprint density at radius 3 is 2.45 bits per heavy atom. The third-order valence-electron chi connectivity index (χ3n) is 3.31. The Balaban J connectivity index is 2.86. The molecule has 0 spiro atoms. The number of aryl methyl sites for hydroxylation is 1. The fourth-order valence-corrected chi connectivity index (χ4v) is 3.26. The van der Waals surface area contributed by atoms with Crippen molar-refractivity contribution in [2.75, 3.05) is 13.6 Å². The molecule has 0 unspecified atom stereocenters. The molecule has 1 aromatic rings. The van der Waals surface area contributed by atoms with E-state index in [1.807, 2.05) is 13.1 Å². The molecule has 0 amide bonds. The van der Waals surface area contributed by atoms with Crippen LogP contribution in [0.2, 0.25) is 0 Å². The Labute approximate surface area is 123 Å². The predicted octanol–water partition coefficient (Wildman–Crippen LogP) is 2.44. The fraction of sp³-hybridized carbons (Fsp3) is 0.600. The fourth-order valence-electron chi connectivity index (χ4n) is 2.13. The Morgan fingerprint density at radius 2 is 1.85 bits per heavy atom. The molecular formula is C15H26N2O2S. The van der Waals surface area contributed by atoms with Crippen LogP contribution < -0.4 is 10.0 Å². The molecular weight excluding hydrogens is 272 g/mol. The van der Waals surface area contributed by atoms with Crippen molar-refractivity contribution in [1.82, 2.24) is 10.0 Å². The summed E-state index contributed by atoms with van der Waals surface area (Å²) in [6, 6.07) is 5.38. The van der Waals surface area contributed by atoms with Crippen molar-refractivity contribution < 1.29 is 8.42 Å². The van der Waals surface area contributed by atoms with E-state index < -0.39 is 10.0 Å². The van der Waals surface area contributed by atoms with Crippen LogP contribution in [0.5, 0.6) is 0 Å². The van der Waals surface area contributed by atoms with Gasteiger partial charge in [-0.2, -0.15) is 0 Å². The lowest BCUT2D eigenvalue weighted by Crippen LogP contribution is -2.25. The summed E-state index contributed by atoms with van der Waals surface area (Å²) in [5, 5.41) is 3.08. The number of hydrogen-bond acceptors (Lipinski definition) is 3. The molecule has 5 heteroatoms. The van der Waals surface area contributed by atoms with Gasteiger partial charge in [0, 0.05) is 13.1 Å². The molecule has 1 rings (SSSR count). The molecule has 0 aromatic heterocycles. The van der Waals surface area contributed by atoms with E-state index in [-0.39, 0.29) is 0 Å². The largest absolute Gasteiger partial charge is 0.316 e. The summed E-state index contributed by atoms with van der Waals surface area (Å²) in [6.45, 7) is 5.36. The predicted molar refractivity (Wildman–Crippen MR) is 83.3 cm³/mol. The van der Waals surface area contributed by atoms with Crippen LogP contribution in [-0.2, 0) is 23.0 Å². The van der Waals surface area contributed by atoms with Gasteiger partial charge < -0.3 is 5.32 Å². The van der Waals surface area contributed by atoms with Gasteiger partial charge in [-0.1, -0.05) is 32.8 Å². The van der Waals surface area contributed by atoms with Gasteiger partial charge in [0.25, 0.3) is 0 Å². The lowest BCUT2D eigenvalue weighted by Gasteiger charge is -2.11. The first-order chi connectivity index (χ1) is 9.55. The zero-order chi connectivity index (χ0) is 15.0.